The van der Waals surface area contributed by atoms with Crippen LogP contribution < -0.4 is 4.89 Å². The third-order valence-electron chi connectivity index (χ3n) is 15.2. The molecule has 0 aromatic carbocycles. The molecule has 0 N–H and O–H groups in total. The summed E-state index contributed by atoms with van der Waals surface area (Å²) in [6, 6.07) is 0. The van der Waals surface area contributed by atoms with Crippen LogP contribution in [0.5, 0.6) is 0 Å². The molecule has 0 heterocycles. The number of rotatable bonds is 65. The van der Waals surface area contributed by atoms with Gasteiger partial charge in [0.2, 0.25) is 0 Å². The van der Waals surface area contributed by atoms with E-state index in [1.165, 1.54) is 167 Å². The molecule has 0 aliphatic rings. The van der Waals surface area contributed by atoms with Gasteiger partial charge in [-0.1, -0.05) is 302 Å². The standard InChI is InChI=1S/C78H134NO8P/c1-6-8-10-12-14-16-18-20-22-24-26-28-30-32-34-36-38-39-41-43-45-47-49-51-53-55-57-59-61-63-65-67-69-71-78(81)87-76(75-86-88(82,83)85-73-72-79(3,4)5)74-84-77(80)70-68-66-64-62-60-58-56-54-52-50-48-46-44-42-40-37-35-33-31-29-27-25-23-21-19-17-15-13-11-9-7-2/h8,10,14,16,20,22,25-28,32,34,38-39,43,45,49,51,55,57,61,63,76H,6-7,9,11-13,15,17-19,21,23-24,29-31,33,35-37,40-42,44,46-48,50,52-54,56,58-60,62,64-75H2,1-5H3/b10-8-,16-14-,22-20-,27-25-,28-26-,34-32-,39-38-,45-43-,51-49-,57-55-,63-61-. The fourth-order valence-corrected chi connectivity index (χ4v) is 10.4. The summed E-state index contributed by atoms with van der Waals surface area (Å²) in [5.41, 5.74) is 0. The number of unbranched alkanes of at least 4 members (excludes halogenated alkanes) is 29. The van der Waals surface area contributed by atoms with E-state index in [-0.39, 0.29) is 26.1 Å². The smallest absolute Gasteiger partial charge is 0.306 e. The van der Waals surface area contributed by atoms with Gasteiger partial charge in [-0.25, -0.2) is 0 Å². The Morgan fingerprint density at radius 2 is 0.648 bits per heavy atom. The minimum Gasteiger partial charge on any atom is -0.756 e. The Morgan fingerprint density at radius 3 is 1.00 bits per heavy atom. The molecule has 2 unspecified atom stereocenters. The molecular weight excluding hydrogens is 1110 g/mol. The van der Waals surface area contributed by atoms with Crippen LogP contribution in [-0.2, 0) is 32.7 Å². The zero-order chi connectivity index (χ0) is 64.1. The van der Waals surface area contributed by atoms with Crippen molar-refractivity contribution in [3.8, 4) is 0 Å². The van der Waals surface area contributed by atoms with Gasteiger partial charge in [-0.15, -0.1) is 0 Å². The molecule has 9 nitrogen and oxygen atoms in total. The average molecular weight is 1240 g/mol. The van der Waals surface area contributed by atoms with Gasteiger partial charge < -0.3 is 27.9 Å². The molecule has 0 amide bonds. The monoisotopic (exact) mass is 1240 g/mol. The lowest BCUT2D eigenvalue weighted by atomic mass is 10.0. The largest absolute Gasteiger partial charge is 0.756 e. The number of nitrogens with zero attached hydrogens (tertiary/aromatic N) is 1. The first-order valence-corrected chi connectivity index (χ1v) is 37.4. The molecule has 0 rings (SSSR count). The first kappa shape index (κ1) is 84.2. The van der Waals surface area contributed by atoms with Crippen LogP contribution in [0.3, 0.4) is 0 Å². The number of hydrogen-bond donors (Lipinski definition) is 0. The van der Waals surface area contributed by atoms with Gasteiger partial charge in [-0.2, -0.15) is 0 Å². The van der Waals surface area contributed by atoms with Crippen LogP contribution in [0.15, 0.2) is 134 Å². The molecule has 0 fully saturated rings. The molecule has 0 saturated heterocycles. The summed E-state index contributed by atoms with van der Waals surface area (Å²) in [5, 5.41) is 0. The summed E-state index contributed by atoms with van der Waals surface area (Å²) in [4.78, 5) is 38.1. The molecule has 0 aromatic heterocycles. The second kappa shape index (κ2) is 67.5. The van der Waals surface area contributed by atoms with E-state index in [0.717, 1.165) is 96.3 Å². The van der Waals surface area contributed by atoms with E-state index < -0.39 is 32.5 Å². The maximum atomic E-state index is 12.8. The number of phosphoric acid groups is 1. The predicted molar refractivity (Wildman–Crippen MR) is 378 cm³/mol. The summed E-state index contributed by atoms with van der Waals surface area (Å²) >= 11 is 0. The highest BCUT2D eigenvalue weighted by atomic mass is 31.2. The first-order valence-electron chi connectivity index (χ1n) is 35.9. The summed E-state index contributed by atoms with van der Waals surface area (Å²) in [6.45, 7) is 4.09. The van der Waals surface area contributed by atoms with E-state index in [4.69, 9.17) is 18.5 Å². The van der Waals surface area contributed by atoms with E-state index in [1.54, 1.807) is 0 Å². The van der Waals surface area contributed by atoms with Gasteiger partial charge in [0.05, 0.1) is 27.7 Å². The number of phosphoric ester groups is 1. The van der Waals surface area contributed by atoms with Gasteiger partial charge in [0.15, 0.2) is 6.10 Å². The maximum Gasteiger partial charge on any atom is 0.306 e. The van der Waals surface area contributed by atoms with Gasteiger partial charge >= 0.3 is 11.9 Å². The molecule has 504 valence electrons. The number of carbonyl (C=O) groups excluding carboxylic acids is 2. The fourth-order valence-electron chi connectivity index (χ4n) is 9.68. The SMILES string of the molecule is CC/C=C\C/C=C\C/C=C\C/C=C\C/C=C\C/C=C\C/C=C\C/C=C\C/C=C\C/C=C\CCCCC(=O)OC(COC(=O)CCCCCCCCCCCCCCCCCCCCC/C=C\CCCCCCCCCC)COP(=O)([O-])OCC[N+](C)(C)C. The number of ether oxygens (including phenoxy) is 2. The van der Waals surface area contributed by atoms with Crippen LogP contribution in [0.2, 0.25) is 0 Å². The van der Waals surface area contributed by atoms with Gasteiger partial charge in [0, 0.05) is 12.8 Å². The van der Waals surface area contributed by atoms with Crippen molar-refractivity contribution < 1.29 is 42.1 Å². The van der Waals surface area contributed by atoms with E-state index in [2.05, 4.69) is 148 Å². The van der Waals surface area contributed by atoms with Gasteiger partial charge in [-0.3, -0.25) is 14.2 Å². The second-order valence-corrected chi connectivity index (χ2v) is 26.3. The number of hydrogen-bond acceptors (Lipinski definition) is 8. The molecule has 88 heavy (non-hydrogen) atoms. The van der Waals surface area contributed by atoms with Crippen molar-refractivity contribution in [2.75, 3.05) is 47.5 Å². The van der Waals surface area contributed by atoms with E-state index in [1.807, 2.05) is 21.1 Å². The second-order valence-electron chi connectivity index (χ2n) is 24.9. The first-order chi connectivity index (χ1) is 43.0. The minimum absolute atomic E-state index is 0.0454. The van der Waals surface area contributed by atoms with Crippen molar-refractivity contribution in [2.24, 2.45) is 0 Å². The Bertz CT molecular complexity index is 1950. The van der Waals surface area contributed by atoms with Crippen molar-refractivity contribution in [2.45, 2.75) is 302 Å². The lowest BCUT2D eigenvalue weighted by molar-refractivity contribution is -0.870. The van der Waals surface area contributed by atoms with E-state index in [0.29, 0.717) is 17.4 Å². The van der Waals surface area contributed by atoms with Gasteiger partial charge in [-0.05, 0) is 116 Å². The van der Waals surface area contributed by atoms with Crippen LogP contribution in [0.1, 0.15) is 296 Å². The van der Waals surface area contributed by atoms with E-state index in [9.17, 15) is 19.0 Å². The number of likely N-dealkylation sites (N-methyl/N-ethyl adjacent to an activating group) is 1. The number of quaternary nitrogens is 1. The topological polar surface area (TPSA) is 111 Å². The van der Waals surface area contributed by atoms with Gasteiger partial charge in [0.1, 0.15) is 19.8 Å². The highest BCUT2D eigenvalue weighted by Crippen LogP contribution is 2.38. The lowest BCUT2D eigenvalue weighted by Gasteiger charge is -2.28. The molecule has 0 saturated carbocycles. The van der Waals surface area contributed by atoms with Crippen molar-refractivity contribution >= 4 is 19.8 Å². The number of esters is 2. The summed E-state index contributed by atoms with van der Waals surface area (Å²) in [7, 11) is 1.13. The average Bonchev–Trinajstić information content (AvgIpc) is 3.56. The molecule has 0 aliphatic heterocycles. The normalized spacial score (nSPS) is 13.9. The van der Waals surface area contributed by atoms with Crippen LogP contribution in [0.25, 0.3) is 0 Å². The summed E-state index contributed by atoms with van der Waals surface area (Å²) in [6.07, 6.45) is 98.3. The molecule has 0 bridgehead atoms. The Balaban J connectivity index is 4.15. The molecular formula is C78H134NO8P. The van der Waals surface area contributed by atoms with E-state index >= 15 is 0 Å². The Labute approximate surface area is 542 Å². The Kier molecular flexibility index (Phi) is 64.6. The predicted octanol–water partition coefficient (Wildman–Crippen LogP) is 23.0. The third-order valence-corrected chi connectivity index (χ3v) is 16.1. The minimum atomic E-state index is -4.66. The zero-order valence-corrected chi connectivity index (χ0v) is 58.3. The maximum absolute atomic E-state index is 12.8. The van der Waals surface area contributed by atoms with Crippen molar-refractivity contribution in [1.29, 1.82) is 0 Å². The van der Waals surface area contributed by atoms with Crippen molar-refractivity contribution in [1.82, 2.24) is 0 Å². The van der Waals surface area contributed by atoms with Crippen molar-refractivity contribution in [3.63, 3.8) is 0 Å². The summed E-state index contributed by atoms with van der Waals surface area (Å²) < 4.78 is 34.3. The molecule has 0 radical (unpaired) electrons. The van der Waals surface area contributed by atoms with Crippen LogP contribution in [0, 0.1) is 0 Å². The Hall–Kier alpha value is -3.85. The number of carbonyl (C=O) groups is 2. The lowest BCUT2D eigenvalue weighted by Crippen LogP contribution is -2.37. The van der Waals surface area contributed by atoms with Crippen LogP contribution in [-0.4, -0.2) is 70.0 Å². The number of allylic oxidation sites excluding steroid dienone is 22. The molecule has 0 aromatic rings. The van der Waals surface area contributed by atoms with Crippen molar-refractivity contribution in [3.05, 3.63) is 134 Å². The van der Waals surface area contributed by atoms with Gasteiger partial charge in [0.25, 0.3) is 7.82 Å². The quantitative estimate of drug-likeness (QED) is 0.0195. The molecule has 0 aliphatic carbocycles. The highest BCUT2D eigenvalue weighted by Gasteiger charge is 2.22. The summed E-state index contributed by atoms with van der Waals surface area (Å²) in [5.74, 6) is -0.884. The molecule has 0 spiro atoms. The third kappa shape index (κ3) is 71.2. The van der Waals surface area contributed by atoms with Crippen LogP contribution in [0.4, 0.5) is 0 Å². The molecule has 10 heteroatoms. The van der Waals surface area contributed by atoms with Crippen LogP contribution >= 0.6 is 7.82 Å². The molecule has 2 atom stereocenters. The Morgan fingerprint density at radius 1 is 0.364 bits per heavy atom. The zero-order valence-electron chi connectivity index (χ0n) is 57.4. The fraction of sp³-hybridized carbons (Fsp3) is 0.692. The highest BCUT2D eigenvalue weighted by molar-refractivity contribution is 7.45.